The first-order valence-corrected chi connectivity index (χ1v) is 11.0. The van der Waals surface area contributed by atoms with Crippen molar-refractivity contribution in [2.45, 2.75) is 30.2 Å². The van der Waals surface area contributed by atoms with Crippen LogP contribution in [0, 0.1) is 0 Å². The first kappa shape index (κ1) is 17.8. The summed E-state index contributed by atoms with van der Waals surface area (Å²) in [5.74, 6) is 1.43. The van der Waals surface area contributed by atoms with Crippen LogP contribution in [-0.2, 0) is 10.0 Å². The maximum absolute atomic E-state index is 13.2. The van der Waals surface area contributed by atoms with Crippen LogP contribution in [0.3, 0.4) is 0 Å². The first-order valence-electron chi connectivity index (χ1n) is 8.73. The third-order valence-electron chi connectivity index (χ3n) is 4.76. The molecule has 2 aliphatic heterocycles. The molecule has 0 bridgehead atoms. The van der Waals surface area contributed by atoms with Crippen LogP contribution < -0.4 is 9.47 Å². The van der Waals surface area contributed by atoms with Crippen LogP contribution in [0.15, 0.2) is 51.8 Å². The molecule has 2 aromatic carbocycles. The van der Waals surface area contributed by atoms with E-state index in [-0.39, 0.29) is 6.04 Å². The molecule has 0 N–H and O–H groups in total. The Hall–Kier alpha value is -1.57. The van der Waals surface area contributed by atoms with Gasteiger partial charge in [0.25, 0.3) is 0 Å². The van der Waals surface area contributed by atoms with E-state index in [4.69, 9.17) is 9.47 Å². The fourth-order valence-corrected chi connectivity index (χ4v) is 5.79. The fourth-order valence-electron chi connectivity index (χ4n) is 3.51. The lowest BCUT2D eigenvalue weighted by atomic mass is 10.0. The van der Waals surface area contributed by atoms with Crippen molar-refractivity contribution in [3.63, 3.8) is 0 Å². The van der Waals surface area contributed by atoms with Crippen molar-refractivity contribution >= 4 is 26.0 Å². The fraction of sp³-hybridized carbons (Fsp3) is 0.368. The average molecular weight is 438 g/mol. The maximum Gasteiger partial charge on any atom is 0.243 e. The van der Waals surface area contributed by atoms with Gasteiger partial charge in [-0.25, -0.2) is 8.42 Å². The number of halogens is 1. The summed E-state index contributed by atoms with van der Waals surface area (Å²) in [6.07, 6.45) is 2.48. The summed E-state index contributed by atoms with van der Waals surface area (Å²) in [4.78, 5) is 0.313. The van der Waals surface area contributed by atoms with Crippen LogP contribution in [0.1, 0.15) is 30.9 Å². The number of benzene rings is 2. The zero-order valence-corrected chi connectivity index (χ0v) is 16.6. The highest BCUT2D eigenvalue weighted by Gasteiger charge is 2.36. The van der Waals surface area contributed by atoms with E-state index in [0.717, 1.165) is 35.0 Å². The predicted octanol–water partition coefficient (Wildman–Crippen LogP) is 4.14. The second kappa shape index (κ2) is 7.21. The lowest BCUT2D eigenvalue weighted by Gasteiger charge is -2.25. The second-order valence-corrected chi connectivity index (χ2v) is 9.29. The van der Waals surface area contributed by atoms with Gasteiger partial charge in [0.2, 0.25) is 10.0 Å². The average Bonchev–Trinajstić information content (AvgIpc) is 3.02. The largest absolute Gasteiger partial charge is 0.490 e. The third-order valence-corrected chi connectivity index (χ3v) is 7.16. The molecular formula is C19H20BrNO4S. The maximum atomic E-state index is 13.2. The Morgan fingerprint density at radius 1 is 1.00 bits per heavy atom. The standard InChI is InChI=1S/C19H20BrNO4S/c20-15-4-1-5-16(13-15)26(22,23)21-9-2-6-17(21)14-7-8-18-19(12-14)25-11-3-10-24-18/h1,4-5,7-8,12-13,17H,2-3,6,9-11H2/t17-/m1/s1. The van der Waals surface area contributed by atoms with Crippen LogP contribution in [0.25, 0.3) is 0 Å². The minimum absolute atomic E-state index is 0.184. The monoisotopic (exact) mass is 437 g/mol. The first-order chi connectivity index (χ1) is 12.6. The van der Waals surface area contributed by atoms with Gasteiger partial charge in [0.05, 0.1) is 24.2 Å². The summed E-state index contributed by atoms with van der Waals surface area (Å²) < 4.78 is 40.1. The zero-order valence-electron chi connectivity index (χ0n) is 14.2. The van der Waals surface area contributed by atoms with Crippen molar-refractivity contribution < 1.29 is 17.9 Å². The Bertz CT molecular complexity index is 916. The molecule has 138 valence electrons. The Kier molecular flexibility index (Phi) is 4.94. The van der Waals surface area contributed by atoms with Gasteiger partial charge >= 0.3 is 0 Å². The van der Waals surface area contributed by atoms with Gasteiger partial charge in [0.1, 0.15) is 0 Å². The van der Waals surface area contributed by atoms with E-state index < -0.39 is 10.0 Å². The van der Waals surface area contributed by atoms with E-state index >= 15 is 0 Å². The number of hydrogen-bond acceptors (Lipinski definition) is 4. The molecule has 26 heavy (non-hydrogen) atoms. The number of sulfonamides is 1. The molecule has 1 fully saturated rings. The third kappa shape index (κ3) is 3.35. The van der Waals surface area contributed by atoms with Crippen LogP contribution >= 0.6 is 15.9 Å². The van der Waals surface area contributed by atoms with Gasteiger partial charge in [-0.15, -0.1) is 0 Å². The van der Waals surface area contributed by atoms with Gasteiger partial charge in [-0.05, 0) is 48.7 Å². The molecule has 1 saturated heterocycles. The van der Waals surface area contributed by atoms with Crippen molar-refractivity contribution in [2.24, 2.45) is 0 Å². The van der Waals surface area contributed by atoms with E-state index in [0.29, 0.717) is 30.4 Å². The van der Waals surface area contributed by atoms with E-state index in [9.17, 15) is 8.42 Å². The van der Waals surface area contributed by atoms with Crippen molar-refractivity contribution in [1.29, 1.82) is 0 Å². The van der Waals surface area contributed by atoms with Crippen molar-refractivity contribution in [2.75, 3.05) is 19.8 Å². The van der Waals surface area contributed by atoms with Gasteiger partial charge in [-0.3, -0.25) is 0 Å². The highest BCUT2D eigenvalue weighted by Crippen LogP contribution is 2.40. The van der Waals surface area contributed by atoms with Gasteiger partial charge in [0, 0.05) is 17.4 Å². The Balaban J connectivity index is 1.68. The number of rotatable bonds is 3. The zero-order chi connectivity index (χ0) is 18.1. The van der Waals surface area contributed by atoms with Gasteiger partial charge in [0.15, 0.2) is 11.5 Å². The number of hydrogen-bond donors (Lipinski definition) is 0. The van der Waals surface area contributed by atoms with Crippen LogP contribution in [0.5, 0.6) is 11.5 Å². The molecule has 0 saturated carbocycles. The predicted molar refractivity (Wildman–Crippen MR) is 102 cm³/mol. The molecule has 0 aromatic heterocycles. The normalized spacial score (nSPS) is 20.7. The number of nitrogens with zero attached hydrogens (tertiary/aromatic N) is 1. The summed E-state index contributed by atoms with van der Waals surface area (Å²) in [5, 5.41) is 0. The van der Waals surface area contributed by atoms with Crippen molar-refractivity contribution in [1.82, 2.24) is 4.31 Å². The highest BCUT2D eigenvalue weighted by molar-refractivity contribution is 9.10. The quantitative estimate of drug-likeness (QED) is 0.723. The molecule has 2 heterocycles. The SMILES string of the molecule is O=S(=O)(c1cccc(Br)c1)N1CCC[C@@H]1c1ccc2c(c1)OCCCO2. The molecule has 0 aliphatic carbocycles. The summed E-state index contributed by atoms with van der Waals surface area (Å²) in [6.45, 7) is 1.77. The van der Waals surface area contributed by atoms with Crippen molar-refractivity contribution in [3.8, 4) is 11.5 Å². The van der Waals surface area contributed by atoms with E-state index in [2.05, 4.69) is 15.9 Å². The Morgan fingerprint density at radius 2 is 1.81 bits per heavy atom. The minimum Gasteiger partial charge on any atom is -0.490 e. The van der Waals surface area contributed by atoms with E-state index in [1.807, 2.05) is 24.3 Å². The van der Waals surface area contributed by atoms with Gasteiger partial charge < -0.3 is 9.47 Å². The smallest absolute Gasteiger partial charge is 0.243 e. The number of ether oxygens (including phenoxy) is 2. The summed E-state index contributed by atoms with van der Waals surface area (Å²) in [6, 6.07) is 12.4. The molecular weight excluding hydrogens is 418 g/mol. The minimum atomic E-state index is -3.56. The van der Waals surface area contributed by atoms with Gasteiger partial charge in [-0.2, -0.15) is 4.31 Å². The molecule has 2 aromatic rings. The van der Waals surface area contributed by atoms with Crippen LogP contribution in [-0.4, -0.2) is 32.5 Å². The topological polar surface area (TPSA) is 55.8 Å². The Morgan fingerprint density at radius 3 is 2.62 bits per heavy atom. The Labute approximate surface area is 162 Å². The molecule has 1 atom stereocenters. The molecule has 4 rings (SSSR count). The number of fused-ring (bicyclic) bond motifs is 1. The molecule has 0 radical (unpaired) electrons. The van der Waals surface area contributed by atoms with Crippen LogP contribution in [0.4, 0.5) is 0 Å². The molecule has 0 spiro atoms. The molecule has 0 unspecified atom stereocenters. The summed E-state index contributed by atoms with van der Waals surface area (Å²) >= 11 is 3.36. The van der Waals surface area contributed by atoms with E-state index in [1.165, 1.54) is 0 Å². The molecule has 0 amide bonds. The van der Waals surface area contributed by atoms with E-state index in [1.54, 1.807) is 22.5 Å². The molecule has 5 nitrogen and oxygen atoms in total. The molecule has 2 aliphatic rings. The second-order valence-electron chi connectivity index (χ2n) is 6.49. The van der Waals surface area contributed by atoms with Crippen LogP contribution in [0.2, 0.25) is 0 Å². The van der Waals surface area contributed by atoms with Gasteiger partial charge in [-0.1, -0.05) is 28.1 Å². The summed E-state index contributed by atoms with van der Waals surface area (Å²) in [5.41, 5.74) is 0.949. The lowest BCUT2D eigenvalue weighted by Crippen LogP contribution is -2.30. The summed E-state index contributed by atoms with van der Waals surface area (Å²) in [7, 11) is -3.56. The molecule has 7 heteroatoms. The highest BCUT2D eigenvalue weighted by atomic mass is 79.9. The van der Waals surface area contributed by atoms with Crippen molar-refractivity contribution in [3.05, 3.63) is 52.5 Å². The lowest BCUT2D eigenvalue weighted by molar-refractivity contribution is 0.296.